The van der Waals surface area contributed by atoms with E-state index >= 15 is 0 Å². The molecular weight excluding hydrogens is 346 g/mol. The molecule has 0 unspecified atom stereocenters. The summed E-state index contributed by atoms with van der Waals surface area (Å²) in [6.45, 7) is 3.90. The average molecular weight is 365 g/mol. The minimum atomic E-state index is -0.417. The van der Waals surface area contributed by atoms with E-state index in [4.69, 9.17) is 4.74 Å². The number of ether oxygens (including phenoxy) is 1. The average Bonchev–Trinajstić information content (AvgIpc) is 2.94. The Morgan fingerprint density at radius 2 is 1.74 bits per heavy atom. The van der Waals surface area contributed by atoms with E-state index in [1.165, 1.54) is 0 Å². The van der Waals surface area contributed by atoms with Crippen LogP contribution in [0.1, 0.15) is 32.9 Å². The van der Waals surface area contributed by atoms with Crippen LogP contribution in [-0.4, -0.2) is 20.7 Å². The number of rotatable bonds is 6. The molecule has 0 bridgehead atoms. The Labute approximate surface area is 156 Å². The highest BCUT2D eigenvalue weighted by Crippen LogP contribution is 2.22. The molecule has 3 aromatic rings. The number of aromatic nitrogens is 2. The maximum absolute atomic E-state index is 12.1. The number of esters is 1. The first-order chi connectivity index (χ1) is 13.0. The van der Waals surface area contributed by atoms with Gasteiger partial charge in [0.05, 0.1) is 17.0 Å². The number of hydrogen-bond donors (Lipinski definition) is 0. The fraction of sp³-hybridized carbons (Fsp3) is 0.200. The summed E-state index contributed by atoms with van der Waals surface area (Å²) in [6, 6.07) is 16.4. The molecule has 0 atom stereocenters. The molecule has 1 aromatic heterocycles. The Hall–Kier alpha value is -3.48. The normalized spacial score (nSPS) is 10.6. The van der Waals surface area contributed by atoms with Crippen LogP contribution in [0.25, 0.3) is 0 Å². The molecule has 27 heavy (non-hydrogen) atoms. The summed E-state index contributed by atoms with van der Waals surface area (Å²) < 4.78 is 6.90. The van der Waals surface area contributed by atoms with Crippen LogP contribution in [0.3, 0.4) is 0 Å². The number of carbonyl (C=O) groups is 1. The zero-order valence-corrected chi connectivity index (χ0v) is 15.1. The number of benzene rings is 2. The molecule has 0 saturated carbocycles. The zero-order chi connectivity index (χ0) is 19.4. The number of nitrogens with zero attached hydrogens (tertiary/aromatic N) is 3. The number of hydrogen-bond acceptors (Lipinski definition) is 5. The standard InChI is InChI=1S/C20H19N3O4/c1-14-19(23(25)26)15(2)22(21-14)12-16-8-10-18(11-9-16)20(24)27-13-17-6-4-3-5-7-17/h3-11H,12-13H2,1-2H3. The first kappa shape index (κ1) is 18.3. The van der Waals surface area contributed by atoms with Gasteiger partial charge >= 0.3 is 11.7 Å². The quantitative estimate of drug-likeness (QED) is 0.376. The van der Waals surface area contributed by atoms with E-state index in [1.54, 1.807) is 42.8 Å². The van der Waals surface area contributed by atoms with Crippen LogP contribution in [0, 0.1) is 24.0 Å². The third-order valence-corrected chi connectivity index (χ3v) is 4.26. The van der Waals surface area contributed by atoms with Crippen molar-refractivity contribution in [1.29, 1.82) is 0 Å². The molecule has 1 heterocycles. The summed E-state index contributed by atoms with van der Waals surface area (Å²) in [5, 5.41) is 15.3. The molecule has 0 aliphatic carbocycles. The van der Waals surface area contributed by atoms with Crippen molar-refractivity contribution in [3.05, 3.63) is 92.8 Å². The Kier molecular flexibility index (Phi) is 5.30. The lowest BCUT2D eigenvalue weighted by atomic mass is 10.1. The van der Waals surface area contributed by atoms with Gasteiger partial charge in [0.2, 0.25) is 0 Å². The number of aryl methyl sites for hydroxylation is 1. The third kappa shape index (κ3) is 4.20. The van der Waals surface area contributed by atoms with Gasteiger partial charge in [-0.25, -0.2) is 4.79 Å². The van der Waals surface area contributed by atoms with Crippen molar-refractivity contribution in [1.82, 2.24) is 9.78 Å². The van der Waals surface area contributed by atoms with Gasteiger partial charge in [-0.2, -0.15) is 5.10 Å². The van der Waals surface area contributed by atoms with Gasteiger partial charge in [-0.1, -0.05) is 42.5 Å². The summed E-state index contributed by atoms with van der Waals surface area (Å²) in [6.07, 6.45) is 0. The van der Waals surface area contributed by atoms with Crippen LogP contribution >= 0.6 is 0 Å². The van der Waals surface area contributed by atoms with Crippen molar-refractivity contribution in [3.8, 4) is 0 Å². The molecule has 0 spiro atoms. The second-order valence-corrected chi connectivity index (χ2v) is 6.19. The molecule has 0 fully saturated rings. The maximum Gasteiger partial charge on any atom is 0.338 e. The van der Waals surface area contributed by atoms with Gasteiger partial charge in [0.25, 0.3) is 0 Å². The smallest absolute Gasteiger partial charge is 0.338 e. The van der Waals surface area contributed by atoms with Crippen molar-refractivity contribution < 1.29 is 14.5 Å². The van der Waals surface area contributed by atoms with E-state index in [0.29, 0.717) is 23.5 Å². The summed E-state index contributed by atoms with van der Waals surface area (Å²) in [7, 11) is 0. The summed E-state index contributed by atoms with van der Waals surface area (Å²) >= 11 is 0. The SMILES string of the molecule is Cc1nn(Cc2ccc(C(=O)OCc3ccccc3)cc2)c(C)c1[N+](=O)[O-]. The van der Waals surface area contributed by atoms with Crippen molar-refractivity contribution >= 4 is 11.7 Å². The second-order valence-electron chi connectivity index (χ2n) is 6.19. The molecule has 7 heteroatoms. The monoisotopic (exact) mass is 365 g/mol. The van der Waals surface area contributed by atoms with Crippen LogP contribution < -0.4 is 0 Å². The van der Waals surface area contributed by atoms with Crippen LogP contribution in [-0.2, 0) is 17.9 Å². The Balaban J connectivity index is 1.66. The molecule has 0 radical (unpaired) electrons. The van der Waals surface area contributed by atoms with Gasteiger partial charge in [-0.05, 0) is 37.1 Å². The fourth-order valence-electron chi connectivity index (χ4n) is 2.83. The molecule has 3 rings (SSSR count). The molecule has 138 valence electrons. The van der Waals surface area contributed by atoms with Crippen molar-refractivity contribution in [3.63, 3.8) is 0 Å². The van der Waals surface area contributed by atoms with Crippen LogP contribution in [0.5, 0.6) is 0 Å². The topological polar surface area (TPSA) is 87.3 Å². The van der Waals surface area contributed by atoms with Crippen LogP contribution in [0.15, 0.2) is 54.6 Å². The summed E-state index contributed by atoms with van der Waals surface area (Å²) in [5.41, 5.74) is 3.19. The van der Waals surface area contributed by atoms with Crippen LogP contribution in [0.4, 0.5) is 5.69 Å². The predicted octanol–water partition coefficient (Wildman–Crippen LogP) is 3.81. The minimum Gasteiger partial charge on any atom is -0.457 e. The molecule has 7 nitrogen and oxygen atoms in total. The van der Waals surface area contributed by atoms with E-state index in [-0.39, 0.29) is 12.3 Å². The van der Waals surface area contributed by atoms with Gasteiger partial charge < -0.3 is 4.74 Å². The van der Waals surface area contributed by atoms with E-state index in [1.807, 2.05) is 30.3 Å². The number of carbonyl (C=O) groups excluding carboxylic acids is 1. The largest absolute Gasteiger partial charge is 0.457 e. The van der Waals surface area contributed by atoms with Gasteiger partial charge in [0.15, 0.2) is 0 Å². The molecular formula is C20H19N3O4. The Bertz CT molecular complexity index is 963. The molecule has 0 amide bonds. The molecule has 0 saturated heterocycles. The first-order valence-electron chi connectivity index (χ1n) is 8.44. The highest BCUT2D eigenvalue weighted by atomic mass is 16.6. The fourth-order valence-corrected chi connectivity index (χ4v) is 2.83. The number of nitro groups is 1. The lowest BCUT2D eigenvalue weighted by Crippen LogP contribution is -2.07. The Morgan fingerprint density at radius 1 is 1.07 bits per heavy atom. The lowest BCUT2D eigenvalue weighted by Gasteiger charge is -2.07. The maximum atomic E-state index is 12.1. The van der Waals surface area contributed by atoms with E-state index in [9.17, 15) is 14.9 Å². The molecule has 2 aromatic carbocycles. The van der Waals surface area contributed by atoms with Crippen molar-refractivity contribution in [2.24, 2.45) is 0 Å². The zero-order valence-electron chi connectivity index (χ0n) is 15.1. The van der Waals surface area contributed by atoms with Crippen molar-refractivity contribution in [2.45, 2.75) is 27.0 Å². The highest BCUT2D eigenvalue weighted by molar-refractivity contribution is 5.89. The summed E-state index contributed by atoms with van der Waals surface area (Å²) in [5.74, 6) is -0.396. The third-order valence-electron chi connectivity index (χ3n) is 4.26. The van der Waals surface area contributed by atoms with Gasteiger partial charge in [-0.15, -0.1) is 0 Å². The van der Waals surface area contributed by atoms with Crippen LogP contribution in [0.2, 0.25) is 0 Å². The van der Waals surface area contributed by atoms with Gasteiger partial charge in [0.1, 0.15) is 18.0 Å². The summed E-state index contributed by atoms with van der Waals surface area (Å²) in [4.78, 5) is 22.8. The minimum absolute atomic E-state index is 0.0381. The predicted molar refractivity (Wildman–Crippen MR) is 99.5 cm³/mol. The van der Waals surface area contributed by atoms with Gasteiger partial charge in [0, 0.05) is 0 Å². The van der Waals surface area contributed by atoms with E-state index in [2.05, 4.69) is 5.10 Å². The van der Waals surface area contributed by atoms with Crippen molar-refractivity contribution in [2.75, 3.05) is 0 Å². The van der Waals surface area contributed by atoms with E-state index in [0.717, 1.165) is 11.1 Å². The van der Waals surface area contributed by atoms with Gasteiger partial charge in [-0.3, -0.25) is 14.8 Å². The molecule has 0 aliphatic rings. The first-order valence-corrected chi connectivity index (χ1v) is 8.44. The molecule has 0 aliphatic heterocycles. The van der Waals surface area contributed by atoms with E-state index < -0.39 is 10.9 Å². The molecule has 0 N–H and O–H groups in total. The lowest BCUT2D eigenvalue weighted by molar-refractivity contribution is -0.386. The Morgan fingerprint density at radius 3 is 2.33 bits per heavy atom. The highest BCUT2D eigenvalue weighted by Gasteiger charge is 2.21. The second kappa shape index (κ2) is 7.82.